The zero-order valence-corrected chi connectivity index (χ0v) is 19.7. The van der Waals surface area contributed by atoms with Gasteiger partial charge in [-0.15, -0.1) is 0 Å². The number of aryl methyl sites for hydroxylation is 1. The normalized spacial score (nSPS) is 20.5. The van der Waals surface area contributed by atoms with E-state index in [1.54, 1.807) is 7.11 Å². The first-order valence-electron chi connectivity index (χ1n) is 12.1. The van der Waals surface area contributed by atoms with E-state index in [1.165, 1.54) is 33.4 Å². The summed E-state index contributed by atoms with van der Waals surface area (Å²) in [5.74, 6) is 0.995. The molecule has 1 amide bonds. The van der Waals surface area contributed by atoms with Gasteiger partial charge in [-0.1, -0.05) is 66.7 Å². The molecule has 0 saturated carbocycles. The molecule has 3 aliphatic rings. The third kappa shape index (κ3) is 3.40. The lowest BCUT2D eigenvalue weighted by atomic mass is 9.94. The standard InChI is InChI=1S/C30H29NO3/c1-19-11-12-20(17-29(19)33-2)21-15-22-13-14-23(16-21)31(22)30(32)34-18-28-26-9-5-3-7-24(26)25-8-4-6-10-27(25)28/h3-12,15,17,22-23,28H,13-14,16,18H2,1-2H3. The van der Waals surface area contributed by atoms with Gasteiger partial charge in [-0.25, -0.2) is 4.79 Å². The first-order valence-corrected chi connectivity index (χ1v) is 12.1. The molecule has 34 heavy (non-hydrogen) atoms. The second-order valence-electron chi connectivity index (χ2n) is 9.59. The average Bonchev–Trinajstić information content (AvgIpc) is 3.33. The molecule has 0 aromatic heterocycles. The summed E-state index contributed by atoms with van der Waals surface area (Å²) in [4.78, 5) is 15.3. The molecule has 2 unspecified atom stereocenters. The Hall–Kier alpha value is -3.53. The Bertz CT molecular complexity index is 1250. The van der Waals surface area contributed by atoms with E-state index in [1.807, 2.05) is 4.90 Å². The molecule has 0 spiro atoms. The monoisotopic (exact) mass is 451 g/mol. The fourth-order valence-electron chi connectivity index (χ4n) is 6.02. The van der Waals surface area contributed by atoms with Crippen molar-refractivity contribution in [2.75, 3.05) is 13.7 Å². The highest BCUT2D eigenvalue weighted by atomic mass is 16.6. The lowest BCUT2D eigenvalue weighted by molar-refractivity contribution is 0.0866. The van der Waals surface area contributed by atoms with Gasteiger partial charge in [0.25, 0.3) is 0 Å². The molecular formula is C30H29NO3. The number of rotatable bonds is 4. The van der Waals surface area contributed by atoms with Crippen molar-refractivity contribution >= 4 is 11.7 Å². The molecule has 0 radical (unpaired) electrons. The fourth-order valence-corrected chi connectivity index (χ4v) is 6.02. The number of fused-ring (bicyclic) bond motifs is 5. The zero-order valence-electron chi connectivity index (χ0n) is 19.7. The molecule has 0 N–H and O–H groups in total. The van der Waals surface area contributed by atoms with Crippen LogP contribution in [0.2, 0.25) is 0 Å². The number of methoxy groups -OCH3 is 1. The molecule has 172 valence electrons. The van der Waals surface area contributed by atoms with Gasteiger partial charge in [0.1, 0.15) is 12.4 Å². The molecule has 2 bridgehead atoms. The van der Waals surface area contributed by atoms with E-state index in [0.717, 1.165) is 30.6 Å². The van der Waals surface area contributed by atoms with Gasteiger partial charge in [0.2, 0.25) is 0 Å². The molecule has 3 aromatic carbocycles. The van der Waals surface area contributed by atoms with Crippen LogP contribution in [0.4, 0.5) is 4.79 Å². The first kappa shape index (κ1) is 21.0. The third-order valence-electron chi connectivity index (χ3n) is 7.72. The van der Waals surface area contributed by atoms with E-state index in [4.69, 9.17) is 9.47 Å². The van der Waals surface area contributed by atoms with Crippen molar-refractivity contribution in [3.8, 4) is 16.9 Å². The van der Waals surface area contributed by atoms with Crippen LogP contribution in [0, 0.1) is 6.92 Å². The minimum Gasteiger partial charge on any atom is -0.496 e. The Kier molecular flexibility index (Phi) is 5.17. The maximum absolute atomic E-state index is 13.3. The molecule has 6 rings (SSSR count). The number of hydrogen-bond donors (Lipinski definition) is 0. The number of amides is 1. The minimum atomic E-state index is -0.189. The Balaban J connectivity index is 1.20. The number of ether oxygens (including phenoxy) is 2. The maximum atomic E-state index is 13.3. The smallest absolute Gasteiger partial charge is 0.410 e. The largest absolute Gasteiger partial charge is 0.496 e. The van der Waals surface area contributed by atoms with Crippen molar-refractivity contribution in [1.29, 1.82) is 0 Å². The summed E-state index contributed by atoms with van der Waals surface area (Å²) in [5.41, 5.74) is 8.60. The predicted molar refractivity (Wildman–Crippen MR) is 134 cm³/mol. The highest BCUT2D eigenvalue weighted by Gasteiger charge is 2.41. The molecule has 4 heteroatoms. The zero-order chi connectivity index (χ0) is 23.2. The highest BCUT2D eigenvalue weighted by Crippen LogP contribution is 2.45. The minimum absolute atomic E-state index is 0.0879. The van der Waals surface area contributed by atoms with E-state index in [0.29, 0.717) is 6.61 Å². The van der Waals surface area contributed by atoms with Crippen LogP contribution >= 0.6 is 0 Å². The van der Waals surface area contributed by atoms with Crippen molar-refractivity contribution in [2.24, 2.45) is 0 Å². The third-order valence-corrected chi connectivity index (χ3v) is 7.72. The molecule has 4 nitrogen and oxygen atoms in total. The molecule has 2 aliphatic heterocycles. The van der Waals surface area contributed by atoms with Crippen LogP contribution in [0.15, 0.2) is 72.8 Å². The Labute approximate surface area is 200 Å². The molecule has 1 aliphatic carbocycles. The van der Waals surface area contributed by atoms with Gasteiger partial charge in [0, 0.05) is 12.0 Å². The topological polar surface area (TPSA) is 38.8 Å². The molecular weight excluding hydrogens is 422 g/mol. The molecule has 1 saturated heterocycles. The van der Waals surface area contributed by atoms with Gasteiger partial charge in [-0.3, -0.25) is 4.90 Å². The van der Waals surface area contributed by atoms with Crippen molar-refractivity contribution in [2.45, 2.75) is 44.2 Å². The van der Waals surface area contributed by atoms with Crippen LogP contribution in [-0.2, 0) is 4.74 Å². The van der Waals surface area contributed by atoms with Gasteiger partial charge in [-0.2, -0.15) is 0 Å². The fraction of sp³-hybridized carbons (Fsp3) is 0.300. The second-order valence-corrected chi connectivity index (χ2v) is 9.59. The van der Waals surface area contributed by atoms with E-state index in [-0.39, 0.29) is 24.1 Å². The average molecular weight is 452 g/mol. The van der Waals surface area contributed by atoms with Gasteiger partial charge in [0.15, 0.2) is 0 Å². The summed E-state index contributed by atoms with van der Waals surface area (Å²) in [6.45, 7) is 2.43. The number of carbonyl (C=O) groups is 1. The summed E-state index contributed by atoms with van der Waals surface area (Å²) in [5, 5.41) is 0. The van der Waals surface area contributed by atoms with Crippen LogP contribution in [0.25, 0.3) is 16.7 Å². The Morgan fingerprint density at radius 2 is 1.68 bits per heavy atom. The molecule has 3 aromatic rings. The molecule has 1 fully saturated rings. The number of nitrogens with zero attached hydrogens (tertiary/aromatic N) is 1. The van der Waals surface area contributed by atoms with E-state index < -0.39 is 0 Å². The lowest BCUT2D eigenvalue weighted by Gasteiger charge is -2.33. The summed E-state index contributed by atoms with van der Waals surface area (Å²) in [7, 11) is 1.71. The maximum Gasteiger partial charge on any atom is 0.410 e. The van der Waals surface area contributed by atoms with Gasteiger partial charge in [0.05, 0.1) is 13.2 Å². The molecule has 2 heterocycles. The first-order chi connectivity index (χ1) is 16.6. The second kappa shape index (κ2) is 8.35. The van der Waals surface area contributed by atoms with Crippen LogP contribution in [-0.4, -0.2) is 36.8 Å². The van der Waals surface area contributed by atoms with E-state index >= 15 is 0 Å². The van der Waals surface area contributed by atoms with Gasteiger partial charge < -0.3 is 9.47 Å². The SMILES string of the molecule is COc1cc(C2=CC3CCC(C2)N3C(=O)OCC2c3ccccc3-c3ccccc32)ccc1C. The van der Waals surface area contributed by atoms with Gasteiger partial charge >= 0.3 is 6.09 Å². The van der Waals surface area contributed by atoms with Crippen molar-refractivity contribution in [3.05, 3.63) is 95.1 Å². The lowest BCUT2D eigenvalue weighted by Crippen LogP contribution is -2.43. The number of benzene rings is 3. The summed E-state index contributed by atoms with van der Waals surface area (Å²) in [6, 6.07) is 23.6. The Morgan fingerprint density at radius 1 is 0.971 bits per heavy atom. The van der Waals surface area contributed by atoms with Crippen molar-refractivity contribution < 1.29 is 14.3 Å². The number of carbonyl (C=O) groups excluding carboxylic acids is 1. The Morgan fingerprint density at radius 3 is 2.35 bits per heavy atom. The van der Waals surface area contributed by atoms with Crippen LogP contribution < -0.4 is 4.74 Å². The summed E-state index contributed by atoms with van der Waals surface area (Å²) in [6.07, 6.45) is 4.92. The van der Waals surface area contributed by atoms with E-state index in [2.05, 4.69) is 79.7 Å². The molecule has 2 atom stereocenters. The predicted octanol–water partition coefficient (Wildman–Crippen LogP) is 6.57. The highest BCUT2D eigenvalue weighted by molar-refractivity contribution is 5.79. The summed E-state index contributed by atoms with van der Waals surface area (Å²) < 4.78 is 11.5. The summed E-state index contributed by atoms with van der Waals surface area (Å²) >= 11 is 0. The number of hydrogen-bond acceptors (Lipinski definition) is 3. The van der Waals surface area contributed by atoms with E-state index in [9.17, 15) is 4.79 Å². The van der Waals surface area contributed by atoms with Crippen LogP contribution in [0.5, 0.6) is 5.75 Å². The van der Waals surface area contributed by atoms with Crippen molar-refractivity contribution in [1.82, 2.24) is 4.90 Å². The quantitative estimate of drug-likeness (QED) is 0.450. The van der Waals surface area contributed by atoms with Gasteiger partial charge in [-0.05, 0) is 71.2 Å². The van der Waals surface area contributed by atoms with Crippen LogP contribution in [0.3, 0.4) is 0 Å². The van der Waals surface area contributed by atoms with Crippen LogP contribution in [0.1, 0.15) is 47.4 Å². The van der Waals surface area contributed by atoms with Crippen molar-refractivity contribution in [3.63, 3.8) is 0 Å².